The largest absolute Gasteiger partial charge is 0.302 e. The summed E-state index contributed by atoms with van der Waals surface area (Å²) in [6.45, 7) is 2.04. The fraction of sp³-hybridized carbons (Fsp3) is 0.158. The number of nitriles is 1. The molecule has 0 radical (unpaired) electrons. The van der Waals surface area contributed by atoms with Crippen LogP contribution in [0.15, 0.2) is 53.0 Å². The highest BCUT2D eigenvalue weighted by Gasteiger charge is 2.10. The second-order valence-corrected chi connectivity index (χ2v) is 7.49. The van der Waals surface area contributed by atoms with Crippen LogP contribution in [-0.4, -0.2) is 21.6 Å². The van der Waals surface area contributed by atoms with Crippen LogP contribution in [0.2, 0.25) is 0 Å². The summed E-state index contributed by atoms with van der Waals surface area (Å²) in [6.07, 6.45) is 1.97. The van der Waals surface area contributed by atoms with E-state index in [1.807, 2.05) is 42.6 Å². The summed E-state index contributed by atoms with van der Waals surface area (Å²) in [5.41, 5.74) is 3.52. The van der Waals surface area contributed by atoms with Gasteiger partial charge in [-0.25, -0.2) is 9.97 Å². The standard InChI is InChI=1S/C19H16N4OS2/c1-13-2-4-14(5-3-13)16-7-6-15(12-20)18(22-16)25-10-8-17(24)23-19-21-9-11-26-19/h2-7,9,11H,8,10H2,1H3,(H,21,23,24). The topological polar surface area (TPSA) is 78.7 Å². The van der Waals surface area contributed by atoms with Gasteiger partial charge in [0.2, 0.25) is 5.91 Å². The van der Waals surface area contributed by atoms with E-state index < -0.39 is 0 Å². The Bertz CT molecular complexity index is 931. The Kier molecular flexibility index (Phi) is 6.00. The molecule has 0 aliphatic rings. The molecule has 0 saturated carbocycles. The molecule has 0 saturated heterocycles. The summed E-state index contributed by atoms with van der Waals surface area (Å²) in [6, 6.07) is 13.9. The number of nitrogens with one attached hydrogen (secondary N) is 1. The van der Waals surface area contributed by atoms with Crippen LogP contribution in [0.1, 0.15) is 17.5 Å². The SMILES string of the molecule is Cc1ccc(-c2ccc(C#N)c(SCCC(=O)Nc3nccs3)n2)cc1. The molecule has 130 valence electrons. The lowest BCUT2D eigenvalue weighted by Gasteiger charge is -2.07. The fourth-order valence-electron chi connectivity index (χ4n) is 2.23. The molecule has 1 aromatic carbocycles. The van der Waals surface area contributed by atoms with Crippen LogP contribution in [0.25, 0.3) is 11.3 Å². The molecule has 0 aliphatic heterocycles. The Labute approximate surface area is 160 Å². The van der Waals surface area contributed by atoms with E-state index in [2.05, 4.69) is 21.4 Å². The predicted octanol–water partition coefficient (Wildman–Crippen LogP) is 4.51. The van der Waals surface area contributed by atoms with Crippen molar-refractivity contribution in [1.82, 2.24) is 9.97 Å². The van der Waals surface area contributed by atoms with Crippen molar-refractivity contribution in [3.05, 3.63) is 59.1 Å². The van der Waals surface area contributed by atoms with E-state index in [0.29, 0.717) is 27.9 Å². The molecule has 0 aliphatic carbocycles. The van der Waals surface area contributed by atoms with E-state index >= 15 is 0 Å². The predicted molar refractivity (Wildman–Crippen MR) is 105 cm³/mol. The molecule has 2 aromatic heterocycles. The van der Waals surface area contributed by atoms with E-state index in [-0.39, 0.29) is 5.91 Å². The van der Waals surface area contributed by atoms with E-state index in [1.54, 1.807) is 12.3 Å². The number of nitrogens with zero attached hydrogens (tertiary/aromatic N) is 3. The lowest BCUT2D eigenvalue weighted by atomic mass is 10.1. The normalized spacial score (nSPS) is 10.3. The maximum Gasteiger partial charge on any atom is 0.226 e. The number of aryl methyl sites for hydroxylation is 1. The zero-order chi connectivity index (χ0) is 18.4. The number of amides is 1. The van der Waals surface area contributed by atoms with Gasteiger partial charge in [-0.2, -0.15) is 5.26 Å². The summed E-state index contributed by atoms with van der Waals surface area (Å²) in [7, 11) is 0. The molecule has 5 nitrogen and oxygen atoms in total. The number of anilines is 1. The number of thiazole rings is 1. The fourth-order valence-corrected chi connectivity index (χ4v) is 3.69. The molecular weight excluding hydrogens is 364 g/mol. The minimum absolute atomic E-state index is 0.0966. The van der Waals surface area contributed by atoms with Crippen molar-refractivity contribution < 1.29 is 4.79 Å². The Morgan fingerprint density at radius 2 is 2.08 bits per heavy atom. The Hall–Kier alpha value is -2.69. The molecule has 1 amide bonds. The first-order valence-corrected chi connectivity index (χ1v) is 9.82. The summed E-state index contributed by atoms with van der Waals surface area (Å²) < 4.78 is 0. The minimum atomic E-state index is -0.0966. The smallest absolute Gasteiger partial charge is 0.226 e. The molecule has 2 heterocycles. The molecule has 0 bridgehead atoms. The van der Waals surface area contributed by atoms with Gasteiger partial charge in [0.05, 0.1) is 11.3 Å². The van der Waals surface area contributed by atoms with Gasteiger partial charge in [-0.3, -0.25) is 4.79 Å². The number of benzene rings is 1. The van der Waals surface area contributed by atoms with Crippen LogP contribution in [0.5, 0.6) is 0 Å². The number of carbonyl (C=O) groups is 1. The van der Waals surface area contributed by atoms with Gasteiger partial charge in [0.1, 0.15) is 11.1 Å². The van der Waals surface area contributed by atoms with Gasteiger partial charge in [-0.15, -0.1) is 23.1 Å². The van der Waals surface area contributed by atoms with Crippen molar-refractivity contribution >= 4 is 34.1 Å². The molecule has 0 unspecified atom stereocenters. The van der Waals surface area contributed by atoms with Crippen LogP contribution in [0.4, 0.5) is 5.13 Å². The molecule has 0 spiro atoms. The molecule has 0 atom stereocenters. The van der Waals surface area contributed by atoms with Crippen LogP contribution in [0, 0.1) is 18.3 Å². The number of pyridine rings is 1. The maximum absolute atomic E-state index is 11.9. The monoisotopic (exact) mass is 380 g/mol. The highest BCUT2D eigenvalue weighted by molar-refractivity contribution is 7.99. The van der Waals surface area contributed by atoms with Crippen LogP contribution in [-0.2, 0) is 4.79 Å². The van der Waals surface area contributed by atoms with Gasteiger partial charge >= 0.3 is 0 Å². The number of aromatic nitrogens is 2. The zero-order valence-corrected chi connectivity index (χ0v) is 15.7. The highest BCUT2D eigenvalue weighted by Crippen LogP contribution is 2.26. The Balaban J connectivity index is 1.66. The van der Waals surface area contributed by atoms with Crippen molar-refractivity contribution in [1.29, 1.82) is 5.26 Å². The van der Waals surface area contributed by atoms with Gasteiger partial charge < -0.3 is 5.32 Å². The third-order valence-electron chi connectivity index (χ3n) is 3.57. The van der Waals surface area contributed by atoms with Gasteiger partial charge in [0.25, 0.3) is 0 Å². The lowest BCUT2D eigenvalue weighted by molar-refractivity contribution is -0.115. The third kappa shape index (κ3) is 4.69. The van der Waals surface area contributed by atoms with Crippen LogP contribution in [0.3, 0.4) is 0 Å². The average Bonchev–Trinajstić information content (AvgIpc) is 3.15. The van der Waals surface area contributed by atoms with E-state index in [9.17, 15) is 10.1 Å². The first-order chi connectivity index (χ1) is 12.7. The molecule has 3 aromatic rings. The maximum atomic E-state index is 11.9. The van der Waals surface area contributed by atoms with E-state index in [0.717, 1.165) is 11.3 Å². The van der Waals surface area contributed by atoms with Crippen molar-refractivity contribution in [2.24, 2.45) is 0 Å². The quantitative estimate of drug-likeness (QED) is 0.637. The first-order valence-electron chi connectivity index (χ1n) is 7.96. The zero-order valence-electron chi connectivity index (χ0n) is 14.1. The summed E-state index contributed by atoms with van der Waals surface area (Å²) in [4.78, 5) is 20.6. The first kappa shape index (κ1) is 18.1. The number of rotatable bonds is 6. The Morgan fingerprint density at radius 1 is 1.27 bits per heavy atom. The number of hydrogen-bond acceptors (Lipinski definition) is 6. The third-order valence-corrected chi connectivity index (χ3v) is 5.26. The van der Waals surface area contributed by atoms with E-state index in [1.165, 1.54) is 28.7 Å². The van der Waals surface area contributed by atoms with Gasteiger partial charge in [-0.05, 0) is 19.1 Å². The molecule has 3 rings (SSSR count). The summed E-state index contributed by atoms with van der Waals surface area (Å²) in [5, 5.41) is 15.1. The van der Waals surface area contributed by atoms with Gasteiger partial charge in [-0.1, -0.05) is 29.8 Å². The second-order valence-electron chi connectivity index (χ2n) is 5.51. The molecule has 1 N–H and O–H groups in total. The van der Waals surface area contributed by atoms with Crippen LogP contribution >= 0.6 is 23.1 Å². The molecular formula is C19H16N4OS2. The van der Waals surface area contributed by atoms with Crippen molar-refractivity contribution in [2.75, 3.05) is 11.1 Å². The van der Waals surface area contributed by atoms with Crippen molar-refractivity contribution in [3.8, 4) is 17.3 Å². The van der Waals surface area contributed by atoms with Crippen molar-refractivity contribution in [2.45, 2.75) is 18.4 Å². The Morgan fingerprint density at radius 3 is 2.77 bits per heavy atom. The average molecular weight is 380 g/mol. The number of thioether (sulfide) groups is 1. The lowest BCUT2D eigenvalue weighted by Crippen LogP contribution is -2.11. The molecule has 0 fully saturated rings. The number of hydrogen-bond donors (Lipinski definition) is 1. The van der Waals surface area contributed by atoms with Gasteiger partial charge in [0, 0.05) is 29.3 Å². The number of carbonyl (C=O) groups excluding carboxylic acids is 1. The molecule has 26 heavy (non-hydrogen) atoms. The van der Waals surface area contributed by atoms with Crippen LogP contribution < -0.4 is 5.32 Å². The van der Waals surface area contributed by atoms with Gasteiger partial charge in [0.15, 0.2) is 5.13 Å². The van der Waals surface area contributed by atoms with Crippen molar-refractivity contribution in [3.63, 3.8) is 0 Å². The summed E-state index contributed by atoms with van der Waals surface area (Å²) >= 11 is 2.80. The summed E-state index contributed by atoms with van der Waals surface area (Å²) in [5.74, 6) is 0.441. The second kappa shape index (κ2) is 8.61. The van der Waals surface area contributed by atoms with E-state index in [4.69, 9.17) is 0 Å². The highest BCUT2D eigenvalue weighted by atomic mass is 32.2. The molecule has 7 heteroatoms. The minimum Gasteiger partial charge on any atom is -0.302 e.